The summed E-state index contributed by atoms with van der Waals surface area (Å²) in [5.41, 5.74) is -0.000631. The molecule has 1 aliphatic rings. The molecular formula is C19H36N2O3. The fraction of sp³-hybridized carbons (Fsp3) is 0.895. The second-order valence-corrected chi connectivity index (χ2v) is 9.52. The lowest BCUT2D eigenvalue weighted by molar-refractivity contribution is -0.131. The Kier molecular flexibility index (Phi) is 6.62. The van der Waals surface area contributed by atoms with Crippen LogP contribution in [0.4, 0.5) is 0 Å². The molecule has 0 aromatic carbocycles. The maximum Gasteiger partial charge on any atom is 0.178 e. The van der Waals surface area contributed by atoms with Crippen molar-refractivity contribution >= 4 is 11.5 Å². The van der Waals surface area contributed by atoms with Gasteiger partial charge in [-0.25, -0.2) is 0 Å². The van der Waals surface area contributed by atoms with Crippen LogP contribution >= 0.6 is 0 Å². The lowest BCUT2D eigenvalue weighted by Gasteiger charge is -2.31. The smallest absolute Gasteiger partial charge is 0.178 e. The van der Waals surface area contributed by atoms with Crippen molar-refractivity contribution in [2.24, 2.45) is 16.5 Å². The zero-order chi connectivity index (χ0) is 18.8. The zero-order valence-corrected chi connectivity index (χ0v) is 16.9. The molecule has 1 fully saturated rings. The second kappa shape index (κ2) is 7.52. The van der Waals surface area contributed by atoms with E-state index in [1.54, 1.807) is 0 Å². The van der Waals surface area contributed by atoms with Gasteiger partial charge < -0.3 is 14.9 Å². The van der Waals surface area contributed by atoms with Gasteiger partial charge in [-0.15, -0.1) is 0 Å². The molecule has 1 saturated heterocycles. The van der Waals surface area contributed by atoms with Gasteiger partial charge in [0, 0.05) is 11.0 Å². The third-order valence-electron chi connectivity index (χ3n) is 3.96. The average Bonchev–Trinajstić information content (AvgIpc) is 3.08. The van der Waals surface area contributed by atoms with Crippen molar-refractivity contribution in [2.75, 3.05) is 13.2 Å². The topological polar surface area (TPSA) is 63.2 Å². The molecule has 0 amide bonds. The highest BCUT2D eigenvalue weighted by Crippen LogP contribution is 2.31. The van der Waals surface area contributed by atoms with Crippen molar-refractivity contribution in [3.05, 3.63) is 0 Å². The van der Waals surface area contributed by atoms with Crippen LogP contribution in [0.2, 0.25) is 0 Å². The first-order valence-electron chi connectivity index (χ1n) is 8.90. The molecule has 140 valence electrons. The van der Waals surface area contributed by atoms with Crippen LogP contribution in [0, 0.1) is 11.3 Å². The Morgan fingerprint density at radius 2 is 1.79 bits per heavy atom. The summed E-state index contributed by atoms with van der Waals surface area (Å²) < 4.78 is 5.62. The highest BCUT2D eigenvalue weighted by Gasteiger charge is 2.49. The van der Waals surface area contributed by atoms with E-state index in [2.05, 4.69) is 45.1 Å². The number of hydrogen-bond acceptors (Lipinski definition) is 5. The van der Waals surface area contributed by atoms with Crippen molar-refractivity contribution in [2.45, 2.75) is 85.9 Å². The molecule has 2 atom stereocenters. The SMILES string of the molecule is CC(C)C[C@H](NC(C)(C)C)/C(=N/OCC(=O)C(C)(C)C)[C@@]1(C)CO1. The monoisotopic (exact) mass is 340 g/mol. The van der Waals surface area contributed by atoms with E-state index in [1.165, 1.54) is 0 Å². The predicted molar refractivity (Wildman–Crippen MR) is 98.3 cm³/mol. The largest absolute Gasteiger partial charge is 0.388 e. The van der Waals surface area contributed by atoms with Crippen LogP contribution < -0.4 is 5.32 Å². The van der Waals surface area contributed by atoms with Gasteiger partial charge in [-0.05, 0) is 40.0 Å². The van der Waals surface area contributed by atoms with E-state index < -0.39 is 5.41 Å². The minimum Gasteiger partial charge on any atom is -0.388 e. The highest BCUT2D eigenvalue weighted by atomic mass is 16.6. The van der Waals surface area contributed by atoms with Gasteiger partial charge in [0.1, 0.15) is 11.3 Å². The molecule has 0 bridgehead atoms. The number of hydrogen-bond donors (Lipinski definition) is 1. The third kappa shape index (κ3) is 6.89. The molecular weight excluding hydrogens is 304 g/mol. The Hall–Kier alpha value is -0.940. The predicted octanol–water partition coefficient (Wildman–Crippen LogP) is 3.57. The Morgan fingerprint density at radius 3 is 2.17 bits per heavy atom. The molecule has 0 aliphatic carbocycles. The number of carbonyl (C=O) groups is 1. The molecule has 5 heteroatoms. The van der Waals surface area contributed by atoms with Gasteiger partial charge in [-0.2, -0.15) is 0 Å². The molecule has 5 nitrogen and oxygen atoms in total. The van der Waals surface area contributed by atoms with Gasteiger partial charge in [0.05, 0.1) is 12.6 Å². The molecule has 0 aromatic rings. The summed E-state index contributed by atoms with van der Waals surface area (Å²) in [5.74, 6) is 0.547. The van der Waals surface area contributed by atoms with Crippen molar-refractivity contribution in [3.8, 4) is 0 Å². The molecule has 0 spiro atoms. The number of ether oxygens (including phenoxy) is 1. The van der Waals surface area contributed by atoms with Crippen molar-refractivity contribution < 1.29 is 14.4 Å². The molecule has 1 aliphatic heterocycles. The Morgan fingerprint density at radius 1 is 1.25 bits per heavy atom. The van der Waals surface area contributed by atoms with Gasteiger partial charge in [0.2, 0.25) is 0 Å². The minimum atomic E-state index is -0.420. The lowest BCUT2D eigenvalue weighted by atomic mass is 9.90. The van der Waals surface area contributed by atoms with E-state index in [0.29, 0.717) is 12.5 Å². The van der Waals surface area contributed by atoms with Gasteiger partial charge in [0.25, 0.3) is 0 Å². The van der Waals surface area contributed by atoms with E-state index in [4.69, 9.17) is 9.57 Å². The first-order valence-corrected chi connectivity index (χ1v) is 8.90. The quantitative estimate of drug-likeness (QED) is 0.417. The summed E-state index contributed by atoms with van der Waals surface area (Å²) in [5, 5.41) is 7.98. The first-order chi connectivity index (χ1) is 10.7. The summed E-state index contributed by atoms with van der Waals surface area (Å²) in [6, 6.07) is 0.0576. The Labute approximate surface area is 147 Å². The van der Waals surface area contributed by atoms with Gasteiger partial charge >= 0.3 is 0 Å². The number of nitrogens with one attached hydrogen (secondary N) is 1. The Bertz CT molecular complexity index is 466. The van der Waals surface area contributed by atoms with Crippen LogP contribution in [-0.2, 0) is 14.4 Å². The molecule has 0 aromatic heterocycles. The van der Waals surface area contributed by atoms with Crippen LogP contribution in [0.25, 0.3) is 0 Å². The number of oxime groups is 1. The molecule has 0 unspecified atom stereocenters. The molecule has 1 rings (SSSR count). The first kappa shape index (κ1) is 21.1. The Balaban J connectivity index is 2.92. The van der Waals surface area contributed by atoms with Gasteiger partial charge in [-0.1, -0.05) is 39.8 Å². The third-order valence-corrected chi connectivity index (χ3v) is 3.96. The highest BCUT2D eigenvalue weighted by molar-refractivity contribution is 5.98. The van der Waals surface area contributed by atoms with Crippen molar-refractivity contribution in [3.63, 3.8) is 0 Å². The number of nitrogens with zero attached hydrogens (tertiary/aromatic N) is 1. The number of epoxide rings is 1. The van der Waals surface area contributed by atoms with Gasteiger partial charge in [-0.3, -0.25) is 4.79 Å². The minimum absolute atomic E-state index is 0.00695. The van der Waals surface area contributed by atoms with E-state index in [9.17, 15) is 4.79 Å². The average molecular weight is 341 g/mol. The molecule has 1 heterocycles. The van der Waals surface area contributed by atoms with E-state index in [1.807, 2.05) is 27.7 Å². The summed E-state index contributed by atoms with van der Waals surface area (Å²) in [6.07, 6.45) is 0.936. The summed E-state index contributed by atoms with van der Waals surface area (Å²) in [7, 11) is 0. The maximum absolute atomic E-state index is 12.0. The van der Waals surface area contributed by atoms with Crippen LogP contribution in [0.15, 0.2) is 5.16 Å². The number of carbonyl (C=O) groups excluding carboxylic acids is 1. The standard InChI is InChI=1S/C19H36N2O3/c1-13(2)10-14(20-18(6,7)8)16(19(9)12-23-19)21-24-11-15(22)17(3,4)5/h13-14,20H,10-12H2,1-9H3/b21-16-/t14-,19+/m0/s1. The molecule has 24 heavy (non-hydrogen) atoms. The summed E-state index contributed by atoms with van der Waals surface area (Å²) in [4.78, 5) is 17.5. The second-order valence-electron chi connectivity index (χ2n) is 9.52. The fourth-order valence-corrected chi connectivity index (χ4v) is 2.39. The number of ketones is 1. The normalized spacial score (nSPS) is 23.3. The lowest BCUT2D eigenvalue weighted by Crippen LogP contribution is -2.51. The molecule has 1 N–H and O–H groups in total. The number of Topliss-reactive ketones (excluding diaryl/α,β-unsaturated/α-hetero) is 1. The molecule has 0 radical (unpaired) electrons. The molecule has 0 saturated carbocycles. The van der Waals surface area contributed by atoms with Crippen molar-refractivity contribution in [1.82, 2.24) is 5.32 Å². The summed E-state index contributed by atoms with van der Waals surface area (Å²) in [6.45, 7) is 19.1. The van der Waals surface area contributed by atoms with Crippen LogP contribution in [0.1, 0.15) is 68.7 Å². The van der Waals surface area contributed by atoms with Gasteiger partial charge in [0.15, 0.2) is 12.4 Å². The summed E-state index contributed by atoms with van der Waals surface area (Å²) >= 11 is 0. The van der Waals surface area contributed by atoms with E-state index in [-0.39, 0.29) is 29.6 Å². The van der Waals surface area contributed by atoms with Crippen molar-refractivity contribution in [1.29, 1.82) is 0 Å². The van der Waals surface area contributed by atoms with Crippen LogP contribution in [0.5, 0.6) is 0 Å². The zero-order valence-electron chi connectivity index (χ0n) is 16.9. The van der Waals surface area contributed by atoms with E-state index in [0.717, 1.165) is 12.1 Å². The van der Waals surface area contributed by atoms with Crippen LogP contribution in [0.3, 0.4) is 0 Å². The number of rotatable bonds is 8. The van der Waals surface area contributed by atoms with E-state index >= 15 is 0 Å². The maximum atomic E-state index is 12.0. The fourth-order valence-electron chi connectivity index (χ4n) is 2.39. The van der Waals surface area contributed by atoms with Crippen LogP contribution in [-0.4, -0.2) is 41.9 Å².